The van der Waals surface area contributed by atoms with E-state index in [1.54, 1.807) is 7.05 Å². The highest BCUT2D eigenvalue weighted by molar-refractivity contribution is 7.80. The second-order valence-corrected chi connectivity index (χ2v) is 4.09. The van der Waals surface area contributed by atoms with Crippen molar-refractivity contribution in [1.29, 1.82) is 0 Å². The van der Waals surface area contributed by atoms with Crippen LogP contribution in [0.1, 0.15) is 12.7 Å². The molecule has 2 heterocycles. The van der Waals surface area contributed by atoms with Crippen LogP contribution in [0.15, 0.2) is 12.3 Å². The number of nitrogens with zero attached hydrogens (tertiary/aromatic N) is 3. The quantitative estimate of drug-likeness (QED) is 0.788. The third-order valence-electron chi connectivity index (χ3n) is 2.51. The predicted octanol–water partition coefficient (Wildman–Crippen LogP) is 1.10. The molecule has 0 fully saturated rings. The van der Waals surface area contributed by atoms with Crippen molar-refractivity contribution in [3.63, 3.8) is 0 Å². The van der Waals surface area contributed by atoms with E-state index in [0.29, 0.717) is 25.0 Å². The molecule has 3 N–H and O–H groups in total. The summed E-state index contributed by atoms with van der Waals surface area (Å²) in [5, 5.41) is 3.93. The molecule has 6 nitrogen and oxygen atoms in total. The molecule has 2 aromatic heterocycles. The second kappa shape index (κ2) is 5.28. The Morgan fingerprint density at radius 3 is 2.94 bits per heavy atom. The van der Waals surface area contributed by atoms with Crippen molar-refractivity contribution >= 4 is 34.1 Å². The molecule has 0 saturated heterocycles. The molecule has 0 atom stereocenters. The molecule has 0 radical (unpaired) electrons. The van der Waals surface area contributed by atoms with Crippen molar-refractivity contribution in [3.8, 4) is 0 Å². The molecule has 0 saturated carbocycles. The van der Waals surface area contributed by atoms with Crippen LogP contribution in [0, 0.1) is 0 Å². The zero-order chi connectivity index (χ0) is 13.1. The first kappa shape index (κ1) is 12.7. The minimum Gasteiger partial charge on any atom is -0.387 e. The Hall–Kier alpha value is -1.73. The van der Waals surface area contributed by atoms with E-state index in [4.69, 9.17) is 22.7 Å². The van der Waals surface area contributed by atoms with Crippen molar-refractivity contribution in [1.82, 2.24) is 14.5 Å². The van der Waals surface area contributed by atoms with Crippen LogP contribution in [0.2, 0.25) is 0 Å². The lowest BCUT2D eigenvalue weighted by molar-refractivity contribution is 0.0905. The number of aromatic nitrogens is 3. The Kier molecular flexibility index (Phi) is 3.73. The van der Waals surface area contributed by atoms with Crippen molar-refractivity contribution in [3.05, 3.63) is 18.1 Å². The Morgan fingerprint density at radius 2 is 2.33 bits per heavy atom. The lowest BCUT2D eigenvalue weighted by Gasteiger charge is -2.07. The summed E-state index contributed by atoms with van der Waals surface area (Å²) in [5.74, 6) is 1.07. The number of rotatable bonds is 5. The molecule has 0 unspecified atom stereocenters. The summed E-state index contributed by atoms with van der Waals surface area (Å²) >= 11 is 4.92. The number of nitrogens with two attached hydrogens (primary N) is 1. The van der Waals surface area contributed by atoms with Gasteiger partial charge in [-0.1, -0.05) is 12.2 Å². The van der Waals surface area contributed by atoms with E-state index in [0.717, 1.165) is 11.0 Å². The van der Waals surface area contributed by atoms with Crippen LogP contribution in [0.3, 0.4) is 0 Å². The number of thiocarbonyl (C=S) groups is 1. The summed E-state index contributed by atoms with van der Waals surface area (Å²) in [6.07, 6.45) is 1.90. The first-order valence-electron chi connectivity index (χ1n) is 5.59. The zero-order valence-electron chi connectivity index (χ0n) is 10.3. The summed E-state index contributed by atoms with van der Waals surface area (Å²) < 4.78 is 7.27. The fraction of sp³-hybridized carbons (Fsp3) is 0.364. The van der Waals surface area contributed by atoms with E-state index in [9.17, 15) is 0 Å². The maximum atomic E-state index is 5.59. The van der Waals surface area contributed by atoms with Crippen molar-refractivity contribution < 1.29 is 4.74 Å². The maximum absolute atomic E-state index is 5.59. The molecular weight excluding hydrogens is 250 g/mol. The van der Waals surface area contributed by atoms with E-state index in [1.807, 2.05) is 23.8 Å². The fourth-order valence-corrected chi connectivity index (χ4v) is 1.75. The molecule has 0 aliphatic heterocycles. The van der Waals surface area contributed by atoms with Crippen LogP contribution >= 0.6 is 12.2 Å². The smallest absolute Gasteiger partial charge is 0.190 e. The van der Waals surface area contributed by atoms with E-state index in [-0.39, 0.29) is 4.99 Å². The fourth-order valence-electron chi connectivity index (χ4n) is 1.66. The summed E-state index contributed by atoms with van der Waals surface area (Å²) in [6, 6.07) is 1.93. The zero-order valence-corrected chi connectivity index (χ0v) is 11.1. The van der Waals surface area contributed by atoms with E-state index in [2.05, 4.69) is 15.3 Å². The van der Waals surface area contributed by atoms with Gasteiger partial charge in [0.05, 0.1) is 5.39 Å². The Labute approximate surface area is 110 Å². The third-order valence-corrected chi connectivity index (χ3v) is 2.69. The lowest BCUT2D eigenvalue weighted by atomic mass is 10.3. The van der Waals surface area contributed by atoms with Crippen LogP contribution < -0.4 is 11.1 Å². The van der Waals surface area contributed by atoms with Gasteiger partial charge >= 0.3 is 0 Å². The molecule has 0 amide bonds. The molecular formula is C11H15N5OS. The van der Waals surface area contributed by atoms with Crippen LogP contribution in [-0.4, -0.2) is 33.2 Å². The average molecular weight is 265 g/mol. The molecule has 0 aliphatic rings. The molecule has 0 aromatic carbocycles. The van der Waals surface area contributed by atoms with Gasteiger partial charge in [0, 0.05) is 19.9 Å². The summed E-state index contributed by atoms with van der Waals surface area (Å²) in [7, 11) is 1.80. The van der Waals surface area contributed by atoms with Gasteiger partial charge in [0.2, 0.25) is 0 Å². The van der Waals surface area contributed by atoms with Crippen LogP contribution in [-0.2, 0) is 11.5 Å². The number of anilines is 1. The highest BCUT2D eigenvalue weighted by Gasteiger charge is 2.12. The first-order chi connectivity index (χ1) is 8.67. The normalized spacial score (nSPS) is 10.8. The van der Waals surface area contributed by atoms with Gasteiger partial charge in [-0.3, -0.25) is 0 Å². The number of hydrogen-bond acceptors (Lipinski definition) is 5. The van der Waals surface area contributed by atoms with Gasteiger partial charge < -0.3 is 20.4 Å². The molecule has 2 aromatic rings. The third kappa shape index (κ3) is 2.27. The monoisotopic (exact) mass is 265 g/mol. The summed E-state index contributed by atoms with van der Waals surface area (Å²) in [4.78, 5) is 8.81. The molecule has 7 heteroatoms. The van der Waals surface area contributed by atoms with E-state index < -0.39 is 0 Å². The Morgan fingerprint density at radius 1 is 1.56 bits per heavy atom. The maximum Gasteiger partial charge on any atom is 0.190 e. The highest BCUT2D eigenvalue weighted by Crippen LogP contribution is 2.21. The van der Waals surface area contributed by atoms with Gasteiger partial charge in [-0.25, -0.2) is 9.97 Å². The van der Waals surface area contributed by atoms with Gasteiger partial charge in [0.15, 0.2) is 5.82 Å². The highest BCUT2D eigenvalue weighted by atomic mass is 32.1. The van der Waals surface area contributed by atoms with Crippen molar-refractivity contribution in [2.24, 2.45) is 5.73 Å². The molecule has 2 rings (SSSR count). The van der Waals surface area contributed by atoms with Gasteiger partial charge in [-0.2, -0.15) is 0 Å². The minimum atomic E-state index is 0.178. The molecule has 96 valence electrons. The number of hydrogen-bond donors (Lipinski definition) is 2. The van der Waals surface area contributed by atoms with Crippen molar-refractivity contribution in [2.75, 3.05) is 19.0 Å². The number of ether oxygens (including phenoxy) is 1. The Bertz CT molecular complexity index is 580. The predicted molar refractivity (Wildman–Crippen MR) is 74.6 cm³/mol. The number of fused-ring (bicyclic) bond motifs is 1. The van der Waals surface area contributed by atoms with E-state index >= 15 is 0 Å². The van der Waals surface area contributed by atoms with Gasteiger partial charge in [0.25, 0.3) is 0 Å². The SMILES string of the molecule is CCOCn1ccc2c(NC)nc(C(N)=S)nc21. The molecule has 0 aliphatic carbocycles. The molecule has 0 bridgehead atoms. The first-order valence-corrected chi connectivity index (χ1v) is 6.00. The molecule has 0 spiro atoms. The van der Waals surface area contributed by atoms with Gasteiger partial charge in [-0.05, 0) is 13.0 Å². The van der Waals surface area contributed by atoms with Gasteiger partial charge in [-0.15, -0.1) is 0 Å². The van der Waals surface area contributed by atoms with Crippen LogP contribution in [0.25, 0.3) is 11.0 Å². The largest absolute Gasteiger partial charge is 0.387 e. The van der Waals surface area contributed by atoms with Crippen LogP contribution in [0.5, 0.6) is 0 Å². The van der Waals surface area contributed by atoms with Crippen molar-refractivity contribution in [2.45, 2.75) is 13.7 Å². The lowest BCUT2D eigenvalue weighted by Crippen LogP contribution is -2.16. The standard InChI is InChI=1S/C11H15N5OS/c1-3-17-6-16-5-4-7-9(13-2)14-10(8(12)18)15-11(7)16/h4-5H,3,6H2,1-2H3,(H2,12,18)(H,13,14,15). The number of nitrogens with one attached hydrogen (secondary N) is 1. The topological polar surface area (TPSA) is 78.0 Å². The van der Waals surface area contributed by atoms with E-state index in [1.165, 1.54) is 0 Å². The second-order valence-electron chi connectivity index (χ2n) is 3.65. The minimum absolute atomic E-state index is 0.178. The Balaban J connectivity index is 2.56. The van der Waals surface area contributed by atoms with Gasteiger partial charge in [0.1, 0.15) is 23.2 Å². The van der Waals surface area contributed by atoms with Crippen LogP contribution in [0.4, 0.5) is 5.82 Å². The average Bonchev–Trinajstić information content (AvgIpc) is 2.78. The molecule has 18 heavy (non-hydrogen) atoms. The summed E-state index contributed by atoms with van der Waals surface area (Å²) in [5.41, 5.74) is 6.34. The summed E-state index contributed by atoms with van der Waals surface area (Å²) in [6.45, 7) is 3.03.